The summed E-state index contributed by atoms with van der Waals surface area (Å²) in [4.78, 5) is 0. The molecule has 0 aliphatic carbocycles. The Morgan fingerprint density at radius 2 is 1.58 bits per heavy atom. The Hall–Kier alpha value is -0.820. The Balaban J connectivity index is 2.95. The fraction of sp³-hybridized carbons (Fsp3) is 0.455. The molecule has 66 valence electrons. The molecule has 0 heterocycles. The van der Waals surface area contributed by atoms with E-state index in [4.69, 9.17) is 0 Å². The van der Waals surface area contributed by atoms with Crippen molar-refractivity contribution in [2.75, 3.05) is 0 Å². The second-order valence-corrected chi connectivity index (χ2v) is 3.10. The minimum absolute atomic E-state index is 0.624. The fourth-order valence-electron chi connectivity index (χ4n) is 1.41. The normalized spacial score (nSPS) is 11.6. The van der Waals surface area contributed by atoms with Gasteiger partial charge in [0.25, 0.3) is 0 Å². The molecule has 1 rings (SSSR count). The lowest BCUT2D eigenvalue weighted by molar-refractivity contribution is 0.0284. The van der Waals surface area contributed by atoms with Crippen LogP contribution in [-0.2, 0) is 5.60 Å². The van der Waals surface area contributed by atoms with Crippen LogP contribution < -0.4 is 0 Å². The molecule has 1 aromatic rings. The molecule has 1 heteroatoms. The first-order chi connectivity index (χ1) is 5.73. The second-order valence-electron chi connectivity index (χ2n) is 3.10. The van der Waals surface area contributed by atoms with Crippen LogP contribution in [0.15, 0.2) is 30.3 Å². The van der Waals surface area contributed by atoms with E-state index in [9.17, 15) is 5.11 Å². The lowest BCUT2D eigenvalue weighted by Gasteiger charge is -2.25. The summed E-state index contributed by atoms with van der Waals surface area (Å²) in [7, 11) is 0. The minimum Gasteiger partial charge on any atom is -0.385 e. The van der Waals surface area contributed by atoms with Crippen molar-refractivity contribution in [2.45, 2.75) is 32.3 Å². The second kappa shape index (κ2) is 3.72. The summed E-state index contributed by atoms with van der Waals surface area (Å²) in [6, 6.07) is 9.85. The molecule has 1 nitrogen and oxygen atoms in total. The van der Waals surface area contributed by atoms with E-state index in [1.54, 1.807) is 0 Å². The van der Waals surface area contributed by atoms with Gasteiger partial charge < -0.3 is 5.11 Å². The van der Waals surface area contributed by atoms with Crippen LogP contribution in [0.2, 0.25) is 0 Å². The van der Waals surface area contributed by atoms with Gasteiger partial charge in [-0.05, 0) is 18.4 Å². The largest absolute Gasteiger partial charge is 0.385 e. The highest BCUT2D eigenvalue weighted by molar-refractivity contribution is 5.21. The number of rotatable bonds is 3. The van der Waals surface area contributed by atoms with Crippen LogP contribution in [0.1, 0.15) is 32.3 Å². The topological polar surface area (TPSA) is 20.2 Å². The molecule has 0 spiro atoms. The predicted octanol–water partition coefficient (Wildman–Crippen LogP) is 2.69. The molecule has 1 N–H and O–H groups in total. The van der Waals surface area contributed by atoms with Crippen LogP contribution in [0.25, 0.3) is 0 Å². The standard InChI is InChI=1S/C11H16O/c1-3-11(12,4-2)10-8-6-5-7-9-10/h5-9,12H,3-4H2,1-2H3. The first kappa shape index (κ1) is 9.27. The van der Waals surface area contributed by atoms with E-state index in [0.29, 0.717) is 0 Å². The number of hydrogen-bond donors (Lipinski definition) is 1. The van der Waals surface area contributed by atoms with Gasteiger partial charge in [0.15, 0.2) is 0 Å². The van der Waals surface area contributed by atoms with E-state index in [-0.39, 0.29) is 0 Å². The van der Waals surface area contributed by atoms with Gasteiger partial charge in [-0.1, -0.05) is 44.2 Å². The van der Waals surface area contributed by atoms with E-state index in [1.165, 1.54) is 0 Å². The molecule has 12 heavy (non-hydrogen) atoms. The minimum atomic E-state index is -0.624. The molecule has 0 aliphatic heterocycles. The number of aliphatic hydroxyl groups is 1. The van der Waals surface area contributed by atoms with Gasteiger partial charge >= 0.3 is 0 Å². The van der Waals surface area contributed by atoms with E-state index in [0.717, 1.165) is 18.4 Å². The highest BCUT2D eigenvalue weighted by atomic mass is 16.3. The summed E-state index contributed by atoms with van der Waals surface area (Å²) in [6.07, 6.45) is 1.54. The maximum absolute atomic E-state index is 10.1. The fourth-order valence-corrected chi connectivity index (χ4v) is 1.41. The Morgan fingerprint density at radius 3 is 2.00 bits per heavy atom. The van der Waals surface area contributed by atoms with Gasteiger partial charge in [-0.25, -0.2) is 0 Å². The first-order valence-electron chi connectivity index (χ1n) is 4.51. The van der Waals surface area contributed by atoms with Crippen molar-refractivity contribution in [3.8, 4) is 0 Å². The van der Waals surface area contributed by atoms with Gasteiger partial charge in [0.05, 0.1) is 5.60 Å². The third kappa shape index (κ3) is 1.67. The Bertz CT molecular complexity index is 224. The Kier molecular flexibility index (Phi) is 2.88. The van der Waals surface area contributed by atoms with Gasteiger partial charge in [-0.3, -0.25) is 0 Å². The van der Waals surface area contributed by atoms with Gasteiger partial charge in [-0.2, -0.15) is 0 Å². The smallest absolute Gasteiger partial charge is 0.0891 e. The summed E-state index contributed by atoms with van der Waals surface area (Å²) in [6.45, 7) is 4.02. The molecule has 1 aromatic carbocycles. The van der Waals surface area contributed by atoms with E-state index >= 15 is 0 Å². The van der Waals surface area contributed by atoms with Crippen molar-refractivity contribution < 1.29 is 5.11 Å². The number of hydrogen-bond acceptors (Lipinski definition) is 1. The summed E-state index contributed by atoms with van der Waals surface area (Å²) >= 11 is 0. The lowest BCUT2D eigenvalue weighted by Crippen LogP contribution is -2.23. The van der Waals surface area contributed by atoms with Gasteiger partial charge in [0, 0.05) is 0 Å². The molecule has 0 aliphatic rings. The van der Waals surface area contributed by atoms with E-state index in [1.807, 2.05) is 44.2 Å². The Morgan fingerprint density at radius 1 is 1.08 bits per heavy atom. The van der Waals surface area contributed by atoms with E-state index < -0.39 is 5.60 Å². The van der Waals surface area contributed by atoms with Crippen LogP contribution in [0.3, 0.4) is 0 Å². The highest BCUT2D eigenvalue weighted by Crippen LogP contribution is 2.27. The summed E-state index contributed by atoms with van der Waals surface area (Å²) in [5, 5.41) is 10.1. The maximum Gasteiger partial charge on any atom is 0.0891 e. The van der Waals surface area contributed by atoms with Crippen LogP contribution >= 0.6 is 0 Å². The average molecular weight is 164 g/mol. The van der Waals surface area contributed by atoms with Gasteiger partial charge in [0.2, 0.25) is 0 Å². The molecular formula is C11H16O. The molecule has 0 saturated carbocycles. The summed E-state index contributed by atoms with van der Waals surface area (Å²) in [5.41, 5.74) is 0.399. The quantitative estimate of drug-likeness (QED) is 0.728. The third-order valence-electron chi connectivity index (χ3n) is 2.48. The third-order valence-corrected chi connectivity index (χ3v) is 2.48. The zero-order valence-corrected chi connectivity index (χ0v) is 7.75. The maximum atomic E-state index is 10.1. The molecule has 0 atom stereocenters. The monoisotopic (exact) mass is 164 g/mol. The zero-order valence-electron chi connectivity index (χ0n) is 7.75. The number of benzene rings is 1. The highest BCUT2D eigenvalue weighted by Gasteiger charge is 2.23. The lowest BCUT2D eigenvalue weighted by atomic mass is 9.89. The first-order valence-corrected chi connectivity index (χ1v) is 4.51. The molecule has 0 radical (unpaired) electrons. The molecule has 0 unspecified atom stereocenters. The molecule has 0 aromatic heterocycles. The van der Waals surface area contributed by atoms with Gasteiger partial charge in [0.1, 0.15) is 0 Å². The SMILES string of the molecule is CCC(O)(CC)c1ccccc1. The van der Waals surface area contributed by atoms with Crippen molar-refractivity contribution >= 4 is 0 Å². The molecular weight excluding hydrogens is 148 g/mol. The van der Waals surface area contributed by atoms with Crippen LogP contribution in [0.4, 0.5) is 0 Å². The van der Waals surface area contributed by atoms with E-state index in [2.05, 4.69) is 0 Å². The van der Waals surface area contributed by atoms with Crippen molar-refractivity contribution in [1.82, 2.24) is 0 Å². The average Bonchev–Trinajstić information content (AvgIpc) is 2.18. The molecule has 0 bridgehead atoms. The van der Waals surface area contributed by atoms with Crippen LogP contribution in [0.5, 0.6) is 0 Å². The van der Waals surface area contributed by atoms with Crippen molar-refractivity contribution in [1.29, 1.82) is 0 Å². The van der Waals surface area contributed by atoms with Crippen molar-refractivity contribution in [2.24, 2.45) is 0 Å². The Labute approximate surface area is 74.1 Å². The van der Waals surface area contributed by atoms with Crippen LogP contribution in [0, 0.1) is 0 Å². The zero-order chi connectivity index (χ0) is 9.03. The molecule has 0 amide bonds. The van der Waals surface area contributed by atoms with Crippen molar-refractivity contribution in [3.05, 3.63) is 35.9 Å². The van der Waals surface area contributed by atoms with Gasteiger partial charge in [-0.15, -0.1) is 0 Å². The van der Waals surface area contributed by atoms with Crippen molar-refractivity contribution in [3.63, 3.8) is 0 Å². The predicted molar refractivity (Wildman–Crippen MR) is 50.9 cm³/mol. The molecule has 0 saturated heterocycles. The molecule has 0 fully saturated rings. The summed E-state index contributed by atoms with van der Waals surface area (Å²) < 4.78 is 0. The summed E-state index contributed by atoms with van der Waals surface area (Å²) in [5.74, 6) is 0. The van der Waals surface area contributed by atoms with Crippen LogP contribution in [-0.4, -0.2) is 5.11 Å².